The molecule has 1 aromatic heterocycles. The van der Waals surface area contributed by atoms with Crippen LogP contribution in [0.5, 0.6) is 0 Å². The lowest BCUT2D eigenvalue weighted by Crippen LogP contribution is -2.28. The summed E-state index contributed by atoms with van der Waals surface area (Å²) in [6, 6.07) is 4.45. The van der Waals surface area contributed by atoms with Crippen molar-refractivity contribution in [1.82, 2.24) is 10.3 Å². The van der Waals surface area contributed by atoms with Crippen LogP contribution < -0.4 is 5.32 Å². The molecule has 1 aromatic rings. The number of aromatic nitrogens is 1. The molecule has 0 bridgehead atoms. The van der Waals surface area contributed by atoms with Gasteiger partial charge in [-0.2, -0.15) is 0 Å². The molecule has 3 heteroatoms. The van der Waals surface area contributed by atoms with Gasteiger partial charge in [0.25, 0.3) is 0 Å². The number of hydrogen-bond acceptors (Lipinski definition) is 3. The van der Waals surface area contributed by atoms with E-state index in [0.29, 0.717) is 6.04 Å². The van der Waals surface area contributed by atoms with E-state index in [0.717, 1.165) is 13.0 Å². The van der Waals surface area contributed by atoms with Crippen LogP contribution in [0, 0.1) is 0 Å². The van der Waals surface area contributed by atoms with Crippen LogP contribution >= 0.6 is 0 Å². The Hall–Kier alpha value is -0.930. The Kier molecular flexibility index (Phi) is 2.57. The summed E-state index contributed by atoms with van der Waals surface area (Å²) >= 11 is 0. The predicted octanol–water partition coefficient (Wildman–Crippen LogP) is 1.13. The van der Waals surface area contributed by atoms with Crippen molar-refractivity contribution in [3.05, 3.63) is 30.1 Å². The maximum absolute atomic E-state index is 5.64. The van der Waals surface area contributed by atoms with Gasteiger partial charge in [0.1, 0.15) is 0 Å². The fourth-order valence-electron chi connectivity index (χ4n) is 1.76. The largest absolute Gasteiger partial charge is 0.372 e. The molecule has 0 aromatic carbocycles. The molecule has 70 valence electrons. The molecule has 2 atom stereocenters. The summed E-state index contributed by atoms with van der Waals surface area (Å²) in [7, 11) is 1.97. The third-order valence-electron chi connectivity index (χ3n) is 2.48. The van der Waals surface area contributed by atoms with Crippen LogP contribution in [-0.4, -0.2) is 24.7 Å². The zero-order valence-electron chi connectivity index (χ0n) is 7.73. The Labute approximate surface area is 78.1 Å². The molecule has 0 spiro atoms. The van der Waals surface area contributed by atoms with E-state index in [1.54, 1.807) is 6.20 Å². The molecule has 0 radical (unpaired) electrons. The van der Waals surface area contributed by atoms with Gasteiger partial charge in [0.05, 0.1) is 6.10 Å². The number of ether oxygens (including phenoxy) is 1. The fraction of sp³-hybridized carbons (Fsp3) is 0.500. The quantitative estimate of drug-likeness (QED) is 0.737. The van der Waals surface area contributed by atoms with Gasteiger partial charge in [-0.3, -0.25) is 4.98 Å². The minimum Gasteiger partial charge on any atom is -0.372 e. The molecule has 1 fully saturated rings. The maximum Gasteiger partial charge on any atom is 0.0993 e. The highest BCUT2D eigenvalue weighted by Gasteiger charge is 2.27. The molecule has 13 heavy (non-hydrogen) atoms. The van der Waals surface area contributed by atoms with Crippen LogP contribution in [0.15, 0.2) is 24.5 Å². The summed E-state index contributed by atoms with van der Waals surface area (Å²) in [5, 5.41) is 3.26. The Morgan fingerprint density at radius 3 is 3.23 bits per heavy atom. The molecule has 1 N–H and O–H groups in total. The highest BCUT2D eigenvalue weighted by atomic mass is 16.5. The van der Waals surface area contributed by atoms with Crippen molar-refractivity contribution >= 4 is 0 Å². The Morgan fingerprint density at radius 2 is 2.54 bits per heavy atom. The molecule has 0 unspecified atom stereocenters. The summed E-state index contributed by atoms with van der Waals surface area (Å²) < 4.78 is 5.64. The van der Waals surface area contributed by atoms with Crippen LogP contribution in [0.1, 0.15) is 18.1 Å². The third kappa shape index (κ3) is 1.71. The second-order valence-corrected chi connectivity index (χ2v) is 3.26. The third-order valence-corrected chi connectivity index (χ3v) is 2.48. The number of likely N-dealkylation sites (N-methyl/N-ethyl adjacent to an activating group) is 1. The second-order valence-electron chi connectivity index (χ2n) is 3.26. The first-order valence-corrected chi connectivity index (χ1v) is 4.60. The lowest BCUT2D eigenvalue weighted by molar-refractivity contribution is 0.0999. The molecule has 0 aliphatic carbocycles. The van der Waals surface area contributed by atoms with Crippen molar-refractivity contribution in [1.29, 1.82) is 0 Å². The first-order chi connectivity index (χ1) is 6.42. The Morgan fingerprint density at radius 1 is 1.62 bits per heavy atom. The first-order valence-electron chi connectivity index (χ1n) is 4.60. The lowest BCUT2D eigenvalue weighted by atomic mass is 10.0. The van der Waals surface area contributed by atoms with E-state index < -0.39 is 0 Å². The predicted molar refractivity (Wildman–Crippen MR) is 50.4 cm³/mol. The van der Waals surface area contributed by atoms with Gasteiger partial charge >= 0.3 is 0 Å². The van der Waals surface area contributed by atoms with E-state index in [4.69, 9.17) is 4.74 Å². The zero-order valence-corrected chi connectivity index (χ0v) is 7.73. The molecule has 0 saturated carbocycles. The summed E-state index contributed by atoms with van der Waals surface area (Å²) in [5.74, 6) is 0. The topological polar surface area (TPSA) is 34.1 Å². The highest BCUT2D eigenvalue weighted by molar-refractivity contribution is 5.15. The summed E-state index contributed by atoms with van der Waals surface area (Å²) in [6.45, 7) is 0.838. The molecule has 1 aliphatic rings. The number of nitrogens with zero attached hydrogens (tertiary/aromatic N) is 1. The SMILES string of the molecule is CN[C@H]1CCO[C@@H]1c1cccnc1. The van der Waals surface area contributed by atoms with Gasteiger partial charge < -0.3 is 10.1 Å². The van der Waals surface area contributed by atoms with E-state index >= 15 is 0 Å². The minimum absolute atomic E-state index is 0.179. The standard InChI is InChI=1S/C10H14N2O/c1-11-9-4-6-13-10(9)8-3-2-5-12-7-8/h2-3,5,7,9-11H,4,6H2,1H3/t9-,10+/m0/s1. The van der Waals surface area contributed by atoms with Gasteiger partial charge in [-0.25, -0.2) is 0 Å². The molecule has 1 saturated heterocycles. The van der Waals surface area contributed by atoms with E-state index in [9.17, 15) is 0 Å². The second kappa shape index (κ2) is 3.85. The van der Waals surface area contributed by atoms with E-state index in [2.05, 4.69) is 16.4 Å². The van der Waals surface area contributed by atoms with Gasteiger partial charge in [0.15, 0.2) is 0 Å². The van der Waals surface area contributed by atoms with Crippen molar-refractivity contribution in [2.75, 3.05) is 13.7 Å². The van der Waals surface area contributed by atoms with Gasteiger partial charge in [-0.15, -0.1) is 0 Å². The van der Waals surface area contributed by atoms with Crippen LogP contribution in [-0.2, 0) is 4.74 Å². The summed E-state index contributed by atoms with van der Waals surface area (Å²) in [6.07, 6.45) is 4.92. The minimum atomic E-state index is 0.179. The molecule has 2 heterocycles. The number of pyridine rings is 1. The molecular formula is C10H14N2O. The van der Waals surface area contributed by atoms with Crippen molar-refractivity contribution in [3.8, 4) is 0 Å². The maximum atomic E-state index is 5.64. The van der Waals surface area contributed by atoms with Crippen LogP contribution in [0.2, 0.25) is 0 Å². The smallest absolute Gasteiger partial charge is 0.0993 e. The normalized spacial score (nSPS) is 27.8. The summed E-state index contributed by atoms with van der Waals surface area (Å²) in [5.41, 5.74) is 1.17. The first kappa shape index (κ1) is 8.66. The van der Waals surface area contributed by atoms with Gasteiger partial charge in [-0.1, -0.05) is 6.07 Å². The average Bonchev–Trinajstić information content (AvgIpc) is 2.67. The molecule has 0 amide bonds. The molecule has 3 nitrogen and oxygen atoms in total. The van der Waals surface area contributed by atoms with Gasteiger partial charge in [0, 0.05) is 30.6 Å². The van der Waals surface area contributed by atoms with E-state index in [-0.39, 0.29) is 6.10 Å². The van der Waals surface area contributed by atoms with Crippen molar-refractivity contribution < 1.29 is 4.74 Å². The Balaban J connectivity index is 2.16. The highest BCUT2D eigenvalue weighted by Crippen LogP contribution is 2.27. The molecular weight excluding hydrogens is 164 g/mol. The number of hydrogen-bond donors (Lipinski definition) is 1. The number of nitrogens with one attached hydrogen (secondary N) is 1. The van der Waals surface area contributed by atoms with Crippen molar-refractivity contribution in [2.24, 2.45) is 0 Å². The molecule has 2 rings (SSSR count). The summed E-state index contributed by atoms with van der Waals surface area (Å²) in [4.78, 5) is 4.09. The zero-order chi connectivity index (χ0) is 9.10. The van der Waals surface area contributed by atoms with Crippen LogP contribution in [0.4, 0.5) is 0 Å². The fourth-order valence-corrected chi connectivity index (χ4v) is 1.76. The lowest BCUT2D eigenvalue weighted by Gasteiger charge is -2.17. The van der Waals surface area contributed by atoms with Gasteiger partial charge in [0.2, 0.25) is 0 Å². The average molecular weight is 178 g/mol. The monoisotopic (exact) mass is 178 g/mol. The molecule has 1 aliphatic heterocycles. The van der Waals surface area contributed by atoms with Crippen molar-refractivity contribution in [2.45, 2.75) is 18.6 Å². The Bertz CT molecular complexity index is 263. The van der Waals surface area contributed by atoms with Gasteiger partial charge in [-0.05, 0) is 19.5 Å². The van der Waals surface area contributed by atoms with Crippen LogP contribution in [0.25, 0.3) is 0 Å². The van der Waals surface area contributed by atoms with E-state index in [1.807, 2.05) is 19.3 Å². The van der Waals surface area contributed by atoms with Crippen LogP contribution in [0.3, 0.4) is 0 Å². The number of rotatable bonds is 2. The van der Waals surface area contributed by atoms with Crippen molar-refractivity contribution in [3.63, 3.8) is 0 Å². The van der Waals surface area contributed by atoms with E-state index in [1.165, 1.54) is 5.56 Å².